The van der Waals surface area contributed by atoms with Gasteiger partial charge in [-0.15, -0.1) is 0 Å². The molecule has 2 aliphatic carbocycles. The van der Waals surface area contributed by atoms with Crippen LogP contribution in [0.1, 0.15) is 56.4 Å². The fourth-order valence-corrected chi connectivity index (χ4v) is 4.96. The molecular formula is C20H24N2O. The first-order chi connectivity index (χ1) is 10.9. The van der Waals surface area contributed by atoms with E-state index in [1.807, 2.05) is 30.6 Å². The number of hydrogen-bond acceptors (Lipinski definition) is 2. The first-order valence-electron chi connectivity index (χ1n) is 8.54. The van der Waals surface area contributed by atoms with Crippen LogP contribution in [0.4, 0.5) is 0 Å². The van der Waals surface area contributed by atoms with Gasteiger partial charge in [-0.1, -0.05) is 45.0 Å². The summed E-state index contributed by atoms with van der Waals surface area (Å²) in [5.41, 5.74) is 3.64. The summed E-state index contributed by atoms with van der Waals surface area (Å²) in [5.74, 6) is 0.743. The van der Waals surface area contributed by atoms with Crippen LogP contribution in [0.5, 0.6) is 0 Å². The molecule has 0 spiro atoms. The van der Waals surface area contributed by atoms with Gasteiger partial charge in [-0.2, -0.15) is 0 Å². The summed E-state index contributed by atoms with van der Waals surface area (Å²) in [6, 6.07) is 8.22. The van der Waals surface area contributed by atoms with Gasteiger partial charge in [0, 0.05) is 23.4 Å². The average Bonchev–Trinajstić information content (AvgIpc) is 3.17. The summed E-state index contributed by atoms with van der Waals surface area (Å²) in [6.07, 6.45) is 8.99. The van der Waals surface area contributed by atoms with E-state index >= 15 is 0 Å². The summed E-state index contributed by atoms with van der Waals surface area (Å²) < 4.78 is 2.33. The normalized spacial score (nSPS) is 31.4. The fourth-order valence-electron chi connectivity index (χ4n) is 4.96. The SMILES string of the molecule is CC12CCC(C(n3cnc(-c4ccc(C=O)cc4)c3)C1)C2(C)C. The number of benzene rings is 1. The van der Waals surface area contributed by atoms with Crippen molar-refractivity contribution in [2.24, 2.45) is 16.7 Å². The molecule has 2 aliphatic rings. The van der Waals surface area contributed by atoms with Gasteiger partial charge >= 0.3 is 0 Å². The third-order valence-corrected chi connectivity index (χ3v) is 6.94. The first-order valence-corrected chi connectivity index (χ1v) is 8.54. The Morgan fingerprint density at radius 2 is 1.96 bits per heavy atom. The predicted molar refractivity (Wildman–Crippen MR) is 91.3 cm³/mol. The number of aromatic nitrogens is 2. The Morgan fingerprint density at radius 3 is 2.52 bits per heavy atom. The Kier molecular flexibility index (Phi) is 3.06. The summed E-state index contributed by atoms with van der Waals surface area (Å²) in [6.45, 7) is 7.35. The minimum absolute atomic E-state index is 0.410. The van der Waals surface area contributed by atoms with Crippen LogP contribution in [-0.2, 0) is 0 Å². The molecule has 3 atom stereocenters. The molecule has 0 saturated heterocycles. The number of carbonyl (C=O) groups is 1. The van der Waals surface area contributed by atoms with Crippen LogP contribution in [-0.4, -0.2) is 15.8 Å². The van der Waals surface area contributed by atoms with Gasteiger partial charge in [0.25, 0.3) is 0 Å². The van der Waals surface area contributed by atoms with Crippen molar-refractivity contribution in [2.75, 3.05) is 0 Å². The number of hydrogen-bond donors (Lipinski definition) is 0. The molecule has 1 heterocycles. The highest BCUT2D eigenvalue weighted by Gasteiger charge is 2.60. The van der Waals surface area contributed by atoms with Crippen LogP contribution in [0.25, 0.3) is 11.3 Å². The van der Waals surface area contributed by atoms with Crippen LogP contribution in [0.3, 0.4) is 0 Å². The molecule has 2 fully saturated rings. The molecule has 3 nitrogen and oxygen atoms in total. The van der Waals surface area contributed by atoms with Gasteiger partial charge in [0.1, 0.15) is 6.29 Å². The molecule has 120 valence electrons. The van der Waals surface area contributed by atoms with E-state index in [1.165, 1.54) is 19.3 Å². The molecule has 1 aromatic heterocycles. The number of aldehydes is 1. The largest absolute Gasteiger partial charge is 0.333 e. The topological polar surface area (TPSA) is 34.9 Å². The molecule has 2 aromatic rings. The molecule has 0 radical (unpaired) electrons. The molecule has 23 heavy (non-hydrogen) atoms. The first kappa shape index (κ1) is 14.7. The number of rotatable bonds is 3. The van der Waals surface area contributed by atoms with E-state index in [0.29, 0.717) is 22.4 Å². The number of fused-ring (bicyclic) bond motifs is 2. The third kappa shape index (κ3) is 2.02. The molecule has 1 aromatic carbocycles. The van der Waals surface area contributed by atoms with Crippen LogP contribution >= 0.6 is 0 Å². The number of nitrogens with zero attached hydrogens (tertiary/aromatic N) is 2. The van der Waals surface area contributed by atoms with Gasteiger partial charge in [-0.05, 0) is 36.0 Å². The highest BCUT2D eigenvalue weighted by Crippen LogP contribution is 2.69. The van der Waals surface area contributed by atoms with E-state index in [2.05, 4.69) is 36.5 Å². The molecule has 3 heteroatoms. The quantitative estimate of drug-likeness (QED) is 0.767. The van der Waals surface area contributed by atoms with E-state index < -0.39 is 0 Å². The molecule has 0 aliphatic heterocycles. The van der Waals surface area contributed by atoms with Gasteiger partial charge < -0.3 is 4.57 Å². The van der Waals surface area contributed by atoms with Crippen molar-refractivity contribution in [3.05, 3.63) is 42.4 Å². The van der Waals surface area contributed by atoms with Crippen molar-refractivity contribution in [1.29, 1.82) is 0 Å². The molecule has 3 unspecified atom stereocenters. The second-order valence-corrected chi connectivity index (χ2v) is 8.14. The minimum atomic E-state index is 0.410. The Balaban J connectivity index is 1.63. The van der Waals surface area contributed by atoms with E-state index in [4.69, 9.17) is 0 Å². The number of carbonyl (C=O) groups excluding carboxylic acids is 1. The lowest BCUT2D eigenvalue weighted by Crippen LogP contribution is -2.26. The maximum absolute atomic E-state index is 10.8. The highest BCUT2D eigenvalue weighted by molar-refractivity contribution is 5.76. The summed E-state index contributed by atoms with van der Waals surface area (Å²) in [7, 11) is 0. The van der Waals surface area contributed by atoms with Crippen LogP contribution in [0.15, 0.2) is 36.8 Å². The zero-order chi connectivity index (χ0) is 16.2. The molecule has 2 bridgehead atoms. The second kappa shape index (κ2) is 4.80. The van der Waals surface area contributed by atoms with Gasteiger partial charge in [0.05, 0.1) is 12.0 Å². The zero-order valence-electron chi connectivity index (χ0n) is 14.1. The van der Waals surface area contributed by atoms with Crippen molar-refractivity contribution in [2.45, 2.75) is 46.1 Å². The summed E-state index contributed by atoms with van der Waals surface area (Å²) in [4.78, 5) is 15.4. The van der Waals surface area contributed by atoms with Gasteiger partial charge in [-0.3, -0.25) is 4.79 Å². The summed E-state index contributed by atoms with van der Waals surface area (Å²) in [5, 5.41) is 0. The van der Waals surface area contributed by atoms with Crippen molar-refractivity contribution < 1.29 is 4.79 Å². The van der Waals surface area contributed by atoms with Gasteiger partial charge in [-0.25, -0.2) is 4.98 Å². The lowest BCUT2D eigenvalue weighted by Gasteiger charge is -2.33. The van der Waals surface area contributed by atoms with Crippen molar-refractivity contribution in [3.8, 4) is 11.3 Å². The molecule has 2 saturated carbocycles. The predicted octanol–water partition coefficient (Wildman–Crippen LogP) is 4.75. The smallest absolute Gasteiger partial charge is 0.150 e. The second-order valence-electron chi connectivity index (χ2n) is 8.14. The minimum Gasteiger partial charge on any atom is -0.333 e. The lowest BCUT2D eigenvalue weighted by molar-refractivity contribution is 0.112. The average molecular weight is 308 g/mol. The van der Waals surface area contributed by atoms with E-state index in [9.17, 15) is 4.79 Å². The van der Waals surface area contributed by atoms with Gasteiger partial charge in [0.15, 0.2) is 0 Å². The molecule has 4 rings (SSSR count). The van der Waals surface area contributed by atoms with Crippen LogP contribution in [0.2, 0.25) is 0 Å². The monoisotopic (exact) mass is 308 g/mol. The lowest BCUT2D eigenvalue weighted by atomic mass is 9.71. The third-order valence-electron chi connectivity index (χ3n) is 6.94. The van der Waals surface area contributed by atoms with Crippen molar-refractivity contribution >= 4 is 6.29 Å². The summed E-state index contributed by atoms with van der Waals surface area (Å²) >= 11 is 0. The Bertz CT molecular complexity index is 741. The van der Waals surface area contributed by atoms with Crippen molar-refractivity contribution in [3.63, 3.8) is 0 Å². The molecular weight excluding hydrogens is 284 g/mol. The molecule has 0 amide bonds. The molecule has 0 N–H and O–H groups in total. The zero-order valence-corrected chi connectivity index (χ0v) is 14.1. The Hall–Kier alpha value is -1.90. The highest BCUT2D eigenvalue weighted by atomic mass is 16.1. The van der Waals surface area contributed by atoms with E-state index in [1.54, 1.807) is 0 Å². The van der Waals surface area contributed by atoms with Crippen LogP contribution in [0, 0.1) is 16.7 Å². The fraction of sp³-hybridized carbons (Fsp3) is 0.500. The van der Waals surface area contributed by atoms with E-state index in [0.717, 1.165) is 23.5 Å². The van der Waals surface area contributed by atoms with Crippen molar-refractivity contribution in [1.82, 2.24) is 9.55 Å². The van der Waals surface area contributed by atoms with E-state index in [-0.39, 0.29) is 0 Å². The maximum Gasteiger partial charge on any atom is 0.150 e. The maximum atomic E-state index is 10.8. The van der Waals surface area contributed by atoms with Crippen LogP contribution < -0.4 is 0 Å². The van der Waals surface area contributed by atoms with Gasteiger partial charge in [0.2, 0.25) is 0 Å². The standard InChI is InChI=1S/C20H24N2O/c1-19(2)16-8-9-20(19,3)10-18(16)22-11-17(21-13-22)15-6-4-14(12-23)5-7-15/h4-7,11-13,16,18H,8-10H2,1-3H3. The Morgan fingerprint density at radius 1 is 1.22 bits per heavy atom. The number of imidazole rings is 1. The Labute approximate surface area is 137 Å².